The molecule has 1 aromatic carbocycles. The number of hydrogen-bond acceptors (Lipinski definition) is 5. The van der Waals surface area contributed by atoms with Gasteiger partial charge in [0.2, 0.25) is 5.82 Å². The fraction of sp³-hybridized carbons (Fsp3) is 0.368. The number of fused-ring (bicyclic) bond motifs is 1. The number of halogens is 1. The van der Waals surface area contributed by atoms with E-state index in [1.54, 1.807) is 6.33 Å². The first-order chi connectivity index (χ1) is 12.7. The molecule has 2 heterocycles. The number of nitriles is 1. The van der Waals surface area contributed by atoms with Crippen molar-refractivity contribution in [3.05, 3.63) is 47.0 Å². The molecule has 2 aromatic heterocycles. The molecule has 1 N–H and O–H groups in total. The van der Waals surface area contributed by atoms with Crippen LogP contribution in [-0.4, -0.2) is 26.1 Å². The topological polar surface area (TPSA) is 79.4 Å². The van der Waals surface area contributed by atoms with Crippen molar-refractivity contribution in [2.24, 2.45) is 5.92 Å². The Morgan fingerprint density at radius 2 is 2.04 bits per heavy atom. The molecule has 0 radical (unpaired) electrons. The van der Waals surface area contributed by atoms with Crippen molar-refractivity contribution in [1.82, 2.24) is 19.5 Å². The van der Waals surface area contributed by atoms with E-state index in [2.05, 4.69) is 20.3 Å². The Hall–Kier alpha value is -2.65. The Morgan fingerprint density at radius 1 is 1.23 bits per heavy atom. The van der Waals surface area contributed by atoms with Crippen LogP contribution in [0.15, 0.2) is 30.6 Å². The van der Waals surface area contributed by atoms with Crippen molar-refractivity contribution < 1.29 is 0 Å². The number of anilines is 1. The molecule has 7 heteroatoms. The first kappa shape index (κ1) is 16.8. The lowest BCUT2D eigenvalue weighted by Gasteiger charge is -2.10. The van der Waals surface area contributed by atoms with Crippen LogP contribution in [0, 0.1) is 17.2 Å². The van der Waals surface area contributed by atoms with Crippen molar-refractivity contribution in [2.45, 2.75) is 32.2 Å². The maximum Gasteiger partial charge on any atom is 0.236 e. The molecule has 0 atom stereocenters. The number of imidazole rings is 1. The summed E-state index contributed by atoms with van der Waals surface area (Å²) in [5.41, 5.74) is 2.62. The second kappa shape index (κ2) is 7.30. The highest BCUT2D eigenvalue weighted by Crippen LogP contribution is 2.32. The van der Waals surface area contributed by atoms with Gasteiger partial charge in [-0.3, -0.25) is 0 Å². The van der Waals surface area contributed by atoms with Crippen LogP contribution in [0.2, 0.25) is 5.02 Å². The van der Waals surface area contributed by atoms with E-state index in [1.165, 1.54) is 18.4 Å². The highest BCUT2D eigenvalue weighted by Gasteiger charge is 2.21. The quantitative estimate of drug-likeness (QED) is 0.687. The summed E-state index contributed by atoms with van der Waals surface area (Å²) in [5, 5.41) is 13.3. The van der Waals surface area contributed by atoms with Gasteiger partial charge in [-0.2, -0.15) is 15.2 Å². The normalized spacial score (nSPS) is 13.7. The summed E-state index contributed by atoms with van der Waals surface area (Å²) in [5.74, 6) is 1.68. The Labute approximate surface area is 156 Å². The minimum Gasteiger partial charge on any atom is -0.368 e. The van der Waals surface area contributed by atoms with Crippen molar-refractivity contribution in [2.75, 3.05) is 11.9 Å². The van der Waals surface area contributed by atoms with Gasteiger partial charge in [0.1, 0.15) is 11.6 Å². The minimum absolute atomic E-state index is 0.148. The molecule has 132 valence electrons. The van der Waals surface area contributed by atoms with Gasteiger partial charge in [-0.1, -0.05) is 36.6 Å². The summed E-state index contributed by atoms with van der Waals surface area (Å²) in [4.78, 5) is 13.0. The predicted molar refractivity (Wildman–Crippen MR) is 101 cm³/mol. The van der Waals surface area contributed by atoms with E-state index in [9.17, 15) is 5.26 Å². The minimum atomic E-state index is 0.148. The van der Waals surface area contributed by atoms with E-state index in [0.717, 1.165) is 42.4 Å². The van der Waals surface area contributed by atoms with Crippen LogP contribution in [0.25, 0.3) is 11.2 Å². The Morgan fingerprint density at radius 3 is 2.77 bits per heavy atom. The maximum atomic E-state index is 9.18. The summed E-state index contributed by atoms with van der Waals surface area (Å²) in [6.45, 7) is 1.61. The summed E-state index contributed by atoms with van der Waals surface area (Å²) in [6.07, 6.45) is 6.39. The molecule has 4 rings (SSSR count). The summed E-state index contributed by atoms with van der Waals surface area (Å²) in [6, 6.07) is 9.87. The van der Waals surface area contributed by atoms with E-state index in [1.807, 2.05) is 34.9 Å². The molecule has 6 nitrogen and oxygen atoms in total. The van der Waals surface area contributed by atoms with Crippen molar-refractivity contribution in [3.8, 4) is 6.07 Å². The highest BCUT2D eigenvalue weighted by molar-refractivity contribution is 6.30. The van der Waals surface area contributed by atoms with Crippen LogP contribution in [0.4, 0.5) is 5.82 Å². The average Bonchev–Trinajstić information content (AvgIpc) is 3.39. The molecule has 3 aromatic rings. The second-order valence-corrected chi connectivity index (χ2v) is 7.09. The lowest BCUT2D eigenvalue weighted by molar-refractivity contribution is 0.713. The maximum absolute atomic E-state index is 9.18. The zero-order valence-electron chi connectivity index (χ0n) is 14.3. The Balaban J connectivity index is 1.57. The van der Waals surface area contributed by atoms with Gasteiger partial charge in [-0.05, 0) is 36.5 Å². The van der Waals surface area contributed by atoms with Crippen LogP contribution in [0.5, 0.6) is 0 Å². The Kier molecular flexibility index (Phi) is 4.72. The van der Waals surface area contributed by atoms with Crippen LogP contribution >= 0.6 is 11.6 Å². The third kappa shape index (κ3) is 3.78. The van der Waals surface area contributed by atoms with Crippen LogP contribution in [0.1, 0.15) is 30.7 Å². The zero-order chi connectivity index (χ0) is 17.9. The fourth-order valence-corrected chi connectivity index (χ4v) is 3.15. The largest absolute Gasteiger partial charge is 0.368 e. The molecule has 1 aliphatic rings. The van der Waals surface area contributed by atoms with Gasteiger partial charge in [-0.15, -0.1) is 0 Å². The third-order valence-electron chi connectivity index (χ3n) is 4.67. The molecule has 1 aliphatic carbocycles. The van der Waals surface area contributed by atoms with Gasteiger partial charge in [-0.25, -0.2) is 4.98 Å². The van der Waals surface area contributed by atoms with Gasteiger partial charge >= 0.3 is 0 Å². The second-order valence-electron chi connectivity index (χ2n) is 6.65. The molecule has 26 heavy (non-hydrogen) atoms. The lowest BCUT2D eigenvalue weighted by atomic mass is 10.1. The summed E-state index contributed by atoms with van der Waals surface area (Å²) < 4.78 is 2.05. The molecule has 0 saturated heterocycles. The van der Waals surface area contributed by atoms with Crippen LogP contribution in [0.3, 0.4) is 0 Å². The number of aryl methyl sites for hydroxylation is 2. The number of aromatic nitrogens is 4. The van der Waals surface area contributed by atoms with Crippen molar-refractivity contribution >= 4 is 28.6 Å². The molecule has 0 bridgehead atoms. The van der Waals surface area contributed by atoms with E-state index in [-0.39, 0.29) is 5.82 Å². The highest BCUT2D eigenvalue weighted by atomic mass is 35.5. The van der Waals surface area contributed by atoms with Gasteiger partial charge in [0.25, 0.3) is 0 Å². The van der Waals surface area contributed by atoms with Gasteiger partial charge in [0.15, 0.2) is 11.5 Å². The van der Waals surface area contributed by atoms with Gasteiger partial charge < -0.3 is 9.88 Å². The molecule has 0 spiro atoms. The Bertz CT molecular complexity index is 953. The summed E-state index contributed by atoms with van der Waals surface area (Å²) in [7, 11) is 0. The van der Waals surface area contributed by atoms with Crippen molar-refractivity contribution in [3.63, 3.8) is 0 Å². The van der Waals surface area contributed by atoms with Crippen molar-refractivity contribution in [1.29, 1.82) is 5.26 Å². The van der Waals surface area contributed by atoms with Gasteiger partial charge in [0, 0.05) is 18.1 Å². The predicted octanol–water partition coefficient (Wildman–Crippen LogP) is 3.81. The standard InChI is InChI=1S/C19H19ClN6/c20-15-5-3-14(4-6-15)8-10-26-12-23-19-17(26)18(24-16(11-21)25-19)22-9-7-13-1-2-13/h3-6,12-13H,1-2,7-10H2,(H,22,24,25). The SMILES string of the molecule is N#Cc1nc(NCCC2CC2)c2c(ncn2CCc2ccc(Cl)cc2)n1. The first-order valence-electron chi connectivity index (χ1n) is 8.84. The number of nitrogens with zero attached hydrogens (tertiary/aromatic N) is 5. The lowest BCUT2D eigenvalue weighted by Crippen LogP contribution is -2.09. The third-order valence-corrected chi connectivity index (χ3v) is 4.92. The molecular formula is C19H19ClN6. The summed E-state index contributed by atoms with van der Waals surface area (Å²) >= 11 is 5.95. The van der Waals surface area contributed by atoms with E-state index >= 15 is 0 Å². The fourth-order valence-electron chi connectivity index (χ4n) is 3.02. The van der Waals surface area contributed by atoms with E-state index in [4.69, 9.17) is 11.6 Å². The van der Waals surface area contributed by atoms with Gasteiger partial charge in [0.05, 0.1) is 6.33 Å². The molecular weight excluding hydrogens is 348 g/mol. The smallest absolute Gasteiger partial charge is 0.236 e. The molecule has 0 aliphatic heterocycles. The van der Waals surface area contributed by atoms with E-state index < -0.39 is 0 Å². The number of nitrogens with one attached hydrogen (secondary N) is 1. The average molecular weight is 367 g/mol. The molecule has 1 fully saturated rings. The number of benzene rings is 1. The van der Waals surface area contributed by atoms with Crippen LogP contribution < -0.4 is 5.32 Å². The number of hydrogen-bond donors (Lipinski definition) is 1. The first-order valence-corrected chi connectivity index (χ1v) is 9.22. The molecule has 1 saturated carbocycles. The molecule has 0 unspecified atom stereocenters. The monoisotopic (exact) mass is 366 g/mol. The number of rotatable bonds is 7. The van der Waals surface area contributed by atoms with Crippen LogP contribution in [-0.2, 0) is 13.0 Å². The van der Waals surface area contributed by atoms with E-state index in [0.29, 0.717) is 11.5 Å². The zero-order valence-corrected chi connectivity index (χ0v) is 15.1. The molecule has 0 amide bonds.